The van der Waals surface area contributed by atoms with Crippen LogP contribution in [0.1, 0.15) is 23.7 Å². The number of hydrogen-bond donors (Lipinski definition) is 3. The molecule has 4 nitrogen and oxygen atoms in total. The Labute approximate surface area is 125 Å². The van der Waals surface area contributed by atoms with Gasteiger partial charge in [0.2, 0.25) is 5.91 Å². The van der Waals surface area contributed by atoms with Gasteiger partial charge in [0.15, 0.2) is 0 Å². The highest BCUT2D eigenvalue weighted by Crippen LogP contribution is 2.22. The van der Waals surface area contributed by atoms with Crippen LogP contribution in [0.4, 0.5) is 0 Å². The van der Waals surface area contributed by atoms with Gasteiger partial charge in [0.25, 0.3) is 0 Å². The molecule has 0 saturated carbocycles. The maximum absolute atomic E-state index is 12.1. The van der Waals surface area contributed by atoms with Gasteiger partial charge in [-0.05, 0) is 56.1 Å². The summed E-state index contributed by atoms with van der Waals surface area (Å²) < 4.78 is 0. The van der Waals surface area contributed by atoms with E-state index in [4.69, 9.17) is 0 Å². The van der Waals surface area contributed by atoms with Crippen molar-refractivity contribution in [3.05, 3.63) is 35.0 Å². The number of aryl methyl sites for hydroxylation is 2. The normalized spacial score (nSPS) is 16.7. The standard InChI is InChI=1S/C17H23N3O/c1-10-12(3)20-16-5-4-13(6-15(10)16)7-19-17(21)11(2)14-8-18-9-14/h4-6,11,14,18,20H,7-9H2,1-3H3,(H,19,21). The molecular formula is C17H23N3O. The smallest absolute Gasteiger partial charge is 0.223 e. The topological polar surface area (TPSA) is 56.9 Å². The number of aromatic amines is 1. The minimum absolute atomic E-state index is 0.0891. The third-order valence-corrected chi connectivity index (χ3v) is 4.77. The lowest BCUT2D eigenvalue weighted by atomic mass is 9.88. The van der Waals surface area contributed by atoms with E-state index >= 15 is 0 Å². The maximum atomic E-state index is 12.1. The fraction of sp³-hybridized carbons (Fsp3) is 0.471. The number of amides is 1. The molecule has 1 aliphatic heterocycles. The lowest BCUT2D eigenvalue weighted by Gasteiger charge is -2.31. The van der Waals surface area contributed by atoms with Crippen molar-refractivity contribution in [2.75, 3.05) is 13.1 Å². The van der Waals surface area contributed by atoms with Crippen molar-refractivity contribution in [3.8, 4) is 0 Å². The van der Waals surface area contributed by atoms with Crippen LogP contribution in [-0.2, 0) is 11.3 Å². The second-order valence-electron chi connectivity index (χ2n) is 6.18. The second kappa shape index (κ2) is 5.53. The average molecular weight is 285 g/mol. The molecule has 0 radical (unpaired) electrons. The Morgan fingerprint density at radius 3 is 2.81 bits per heavy atom. The first-order valence-electron chi connectivity index (χ1n) is 7.62. The van der Waals surface area contributed by atoms with E-state index in [9.17, 15) is 4.79 Å². The molecule has 3 N–H and O–H groups in total. The summed E-state index contributed by atoms with van der Waals surface area (Å²) in [5, 5.41) is 7.52. The van der Waals surface area contributed by atoms with Gasteiger partial charge in [0, 0.05) is 29.1 Å². The molecule has 1 fully saturated rings. The van der Waals surface area contributed by atoms with Gasteiger partial charge in [-0.15, -0.1) is 0 Å². The average Bonchev–Trinajstić information content (AvgIpc) is 2.69. The number of carbonyl (C=O) groups is 1. The van der Waals surface area contributed by atoms with E-state index in [0.29, 0.717) is 12.5 Å². The molecule has 0 spiro atoms. The van der Waals surface area contributed by atoms with E-state index in [1.165, 1.54) is 16.6 Å². The molecule has 0 aliphatic carbocycles. The summed E-state index contributed by atoms with van der Waals surface area (Å²) in [5.41, 5.74) is 4.80. The molecule has 1 unspecified atom stereocenters. The highest BCUT2D eigenvalue weighted by atomic mass is 16.1. The molecule has 1 amide bonds. The van der Waals surface area contributed by atoms with Crippen molar-refractivity contribution < 1.29 is 4.79 Å². The van der Waals surface area contributed by atoms with Crippen LogP contribution in [0.25, 0.3) is 10.9 Å². The van der Waals surface area contributed by atoms with Crippen LogP contribution in [0.3, 0.4) is 0 Å². The monoisotopic (exact) mass is 285 g/mol. The first-order chi connectivity index (χ1) is 10.1. The Morgan fingerprint density at radius 1 is 1.38 bits per heavy atom. The second-order valence-corrected chi connectivity index (χ2v) is 6.18. The number of hydrogen-bond acceptors (Lipinski definition) is 2. The number of carbonyl (C=O) groups excluding carboxylic acids is 1. The number of aromatic nitrogens is 1. The van der Waals surface area contributed by atoms with Crippen molar-refractivity contribution in [2.45, 2.75) is 27.3 Å². The molecule has 4 heteroatoms. The van der Waals surface area contributed by atoms with Crippen molar-refractivity contribution in [1.82, 2.24) is 15.6 Å². The van der Waals surface area contributed by atoms with E-state index in [1.807, 2.05) is 6.92 Å². The summed E-state index contributed by atoms with van der Waals surface area (Å²) in [6.07, 6.45) is 0. The van der Waals surface area contributed by atoms with E-state index in [0.717, 1.165) is 24.2 Å². The lowest BCUT2D eigenvalue weighted by molar-refractivity contribution is -0.126. The Balaban J connectivity index is 1.67. The lowest BCUT2D eigenvalue weighted by Crippen LogP contribution is -2.49. The maximum Gasteiger partial charge on any atom is 0.223 e. The number of rotatable bonds is 4. The summed E-state index contributed by atoms with van der Waals surface area (Å²) >= 11 is 0. The number of H-pyrrole nitrogens is 1. The van der Waals surface area contributed by atoms with Gasteiger partial charge in [-0.2, -0.15) is 0 Å². The van der Waals surface area contributed by atoms with Crippen LogP contribution >= 0.6 is 0 Å². The molecule has 1 saturated heterocycles. The molecular weight excluding hydrogens is 262 g/mol. The third-order valence-electron chi connectivity index (χ3n) is 4.77. The van der Waals surface area contributed by atoms with Gasteiger partial charge >= 0.3 is 0 Å². The predicted molar refractivity (Wildman–Crippen MR) is 85.1 cm³/mol. The molecule has 112 valence electrons. The van der Waals surface area contributed by atoms with Crippen molar-refractivity contribution in [3.63, 3.8) is 0 Å². The first kappa shape index (κ1) is 14.1. The van der Waals surface area contributed by atoms with Crippen molar-refractivity contribution in [2.24, 2.45) is 11.8 Å². The first-order valence-corrected chi connectivity index (χ1v) is 7.62. The molecule has 1 aromatic carbocycles. The zero-order chi connectivity index (χ0) is 15.0. The summed E-state index contributed by atoms with van der Waals surface area (Å²) in [6, 6.07) is 6.34. The van der Waals surface area contributed by atoms with Gasteiger partial charge in [0.05, 0.1) is 0 Å². The van der Waals surface area contributed by atoms with Gasteiger partial charge < -0.3 is 15.6 Å². The zero-order valence-corrected chi connectivity index (χ0v) is 12.9. The van der Waals surface area contributed by atoms with Crippen LogP contribution in [0.15, 0.2) is 18.2 Å². The van der Waals surface area contributed by atoms with E-state index < -0.39 is 0 Å². The number of fused-ring (bicyclic) bond motifs is 1. The molecule has 3 rings (SSSR count). The van der Waals surface area contributed by atoms with E-state index in [2.05, 4.69) is 47.7 Å². The van der Waals surface area contributed by atoms with Gasteiger partial charge in [0.1, 0.15) is 0 Å². The Hall–Kier alpha value is -1.81. The largest absolute Gasteiger partial charge is 0.358 e. The third kappa shape index (κ3) is 2.68. The molecule has 2 heterocycles. The van der Waals surface area contributed by atoms with Crippen molar-refractivity contribution in [1.29, 1.82) is 0 Å². The fourth-order valence-corrected chi connectivity index (χ4v) is 2.85. The summed E-state index contributed by atoms with van der Waals surface area (Å²) in [6.45, 7) is 8.75. The quantitative estimate of drug-likeness (QED) is 0.807. The molecule has 0 bridgehead atoms. The molecule has 1 aliphatic rings. The zero-order valence-electron chi connectivity index (χ0n) is 12.9. The fourth-order valence-electron chi connectivity index (χ4n) is 2.85. The number of nitrogens with one attached hydrogen (secondary N) is 3. The van der Waals surface area contributed by atoms with Crippen LogP contribution < -0.4 is 10.6 Å². The summed E-state index contributed by atoms with van der Waals surface area (Å²) in [7, 11) is 0. The van der Waals surface area contributed by atoms with Crippen LogP contribution in [0, 0.1) is 25.7 Å². The summed E-state index contributed by atoms with van der Waals surface area (Å²) in [5.74, 6) is 0.733. The van der Waals surface area contributed by atoms with E-state index in [1.54, 1.807) is 0 Å². The Bertz CT molecular complexity index is 670. The van der Waals surface area contributed by atoms with Gasteiger partial charge in [-0.1, -0.05) is 13.0 Å². The van der Waals surface area contributed by atoms with Gasteiger partial charge in [-0.25, -0.2) is 0 Å². The Kier molecular flexibility index (Phi) is 3.72. The Morgan fingerprint density at radius 2 is 2.14 bits per heavy atom. The highest BCUT2D eigenvalue weighted by Gasteiger charge is 2.28. The van der Waals surface area contributed by atoms with Gasteiger partial charge in [-0.3, -0.25) is 4.79 Å². The summed E-state index contributed by atoms with van der Waals surface area (Å²) in [4.78, 5) is 15.5. The SMILES string of the molecule is Cc1[nH]c2ccc(CNC(=O)C(C)C3CNC3)cc2c1C. The minimum Gasteiger partial charge on any atom is -0.358 e. The van der Waals surface area contributed by atoms with Crippen molar-refractivity contribution >= 4 is 16.8 Å². The van der Waals surface area contributed by atoms with Crippen LogP contribution in [0.2, 0.25) is 0 Å². The number of benzene rings is 1. The molecule has 1 atom stereocenters. The molecule has 21 heavy (non-hydrogen) atoms. The predicted octanol–water partition coefficient (Wildman–Crippen LogP) is 2.26. The van der Waals surface area contributed by atoms with Crippen LogP contribution in [-0.4, -0.2) is 24.0 Å². The molecule has 2 aromatic rings. The highest BCUT2D eigenvalue weighted by molar-refractivity contribution is 5.85. The van der Waals surface area contributed by atoms with Crippen LogP contribution in [0.5, 0.6) is 0 Å². The minimum atomic E-state index is 0.0891. The molecule has 1 aromatic heterocycles. The van der Waals surface area contributed by atoms with E-state index in [-0.39, 0.29) is 11.8 Å².